The average molecular weight is 269 g/mol. The highest BCUT2D eigenvalue weighted by Crippen LogP contribution is 2.29. The second-order valence-electron chi connectivity index (χ2n) is 4.27. The van der Waals surface area contributed by atoms with Gasteiger partial charge >= 0.3 is 5.97 Å². The molecule has 0 saturated heterocycles. The Morgan fingerprint density at radius 3 is 2.60 bits per heavy atom. The summed E-state index contributed by atoms with van der Waals surface area (Å²) >= 11 is 0. The lowest BCUT2D eigenvalue weighted by Crippen LogP contribution is -1.98. The van der Waals surface area contributed by atoms with E-state index in [0.717, 1.165) is 5.56 Å². The van der Waals surface area contributed by atoms with Crippen LogP contribution in [-0.4, -0.2) is 25.8 Å². The van der Waals surface area contributed by atoms with E-state index >= 15 is 0 Å². The molecular formula is C14H11N3O3. The molecule has 0 aliphatic rings. The van der Waals surface area contributed by atoms with Gasteiger partial charge in [0.15, 0.2) is 11.5 Å². The Labute approximate surface area is 114 Å². The quantitative estimate of drug-likeness (QED) is 0.789. The Bertz CT molecular complexity index is 759. The smallest absolute Gasteiger partial charge is 0.358 e. The molecule has 0 atom stereocenters. The molecule has 6 heteroatoms. The molecule has 0 saturated carbocycles. The van der Waals surface area contributed by atoms with Crippen molar-refractivity contribution in [2.75, 3.05) is 0 Å². The van der Waals surface area contributed by atoms with E-state index in [2.05, 4.69) is 10.1 Å². The Hall–Kier alpha value is -2.89. The Balaban J connectivity index is 2.15. The number of aromatic nitrogens is 3. The molecule has 6 nitrogen and oxygen atoms in total. The van der Waals surface area contributed by atoms with Crippen molar-refractivity contribution in [3.8, 4) is 22.8 Å². The maximum Gasteiger partial charge on any atom is 0.358 e. The van der Waals surface area contributed by atoms with Crippen LogP contribution in [0.1, 0.15) is 10.5 Å². The summed E-state index contributed by atoms with van der Waals surface area (Å²) in [5.74, 6) is -0.638. The van der Waals surface area contributed by atoms with Gasteiger partial charge in [-0.15, -0.1) is 0 Å². The molecule has 0 fully saturated rings. The van der Waals surface area contributed by atoms with E-state index in [1.165, 1.54) is 0 Å². The fraction of sp³-hybridized carbons (Fsp3) is 0.0714. The van der Waals surface area contributed by atoms with Crippen LogP contribution < -0.4 is 0 Å². The first-order chi connectivity index (χ1) is 9.65. The van der Waals surface area contributed by atoms with Crippen LogP contribution >= 0.6 is 0 Å². The lowest BCUT2D eigenvalue weighted by Gasteiger charge is -1.93. The summed E-state index contributed by atoms with van der Waals surface area (Å²) in [6, 6.07) is 9.16. The van der Waals surface area contributed by atoms with Crippen LogP contribution in [0.3, 0.4) is 0 Å². The third-order valence-corrected chi connectivity index (χ3v) is 2.82. The van der Waals surface area contributed by atoms with Gasteiger partial charge in [-0.1, -0.05) is 18.2 Å². The monoisotopic (exact) mass is 269 g/mol. The normalized spacial score (nSPS) is 10.7. The van der Waals surface area contributed by atoms with Crippen molar-refractivity contribution in [3.63, 3.8) is 0 Å². The fourth-order valence-electron chi connectivity index (χ4n) is 1.90. The number of nitrogens with zero attached hydrogens (tertiary/aromatic N) is 3. The summed E-state index contributed by atoms with van der Waals surface area (Å²) in [7, 11) is 1.75. The highest BCUT2D eigenvalue weighted by molar-refractivity contribution is 5.92. The number of aromatic carboxylic acids is 1. The number of carboxylic acids is 1. The zero-order valence-electron chi connectivity index (χ0n) is 10.6. The van der Waals surface area contributed by atoms with Crippen LogP contribution in [0.2, 0.25) is 0 Å². The molecule has 1 N–H and O–H groups in total. The molecule has 3 aromatic rings. The van der Waals surface area contributed by atoms with E-state index in [0.29, 0.717) is 5.56 Å². The number of aryl methyl sites for hydroxylation is 1. The first-order valence-corrected chi connectivity index (χ1v) is 5.93. The number of carboxylic acid groups (broad SMARTS) is 1. The van der Waals surface area contributed by atoms with E-state index in [1.54, 1.807) is 24.1 Å². The van der Waals surface area contributed by atoms with E-state index < -0.39 is 5.97 Å². The molecule has 0 radical (unpaired) electrons. The molecule has 0 aliphatic heterocycles. The fourth-order valence-corrected chi connectivity index (χ4v) is 1.90. The number of oxazole rings is 1. The maximum atomic E-state index is 11.3. The number of hydrogen-bond donors (Lipinski definition) is 1. The minimum absolute atomic E-state index is 0.114. The molecule has 1 aromatic carbocycles. The van der Waals surface area contributed by atoms with E-state index in [4.69, 9.17) is 4.42 Å². The van der Waals surface area contributed by atoms with Crippen molar-refractivity contribution in [2.45, 2.75) is 0 Å². The maximum absolute atomic E-state index is 11.3. The number of rotatable bonds is 3. The summed E-state index contributed by atoms with van der Waals surface area (Å²) in [6.07, 6.45) is 3.23. The first kappa shape index (κ1) is 12.2. The average Bonchev–Trinajstić information content (AvgIpc) is 3.05. The Kier molecular flexibility index (Phi) is 2.83. The lowest BCUT2D eigenvalue weighted by atomic mass is 10.2. The predicted octanol–water partition coefficient (Wildman–Crippen LogP) is 2.44. The molecule has 0 amide bonds. The molecule has 0 aliphatic carbocycles. The molecule has 20 heavy (non-hydrogen) atoms. The summed E-state index contributed by atoms with van der Waals surface area (Å²) < 4.78 is 7.19. The zero-order chi connectivity index (χ0) is 14.1. The first-order valence-electron chi connectivity index (χ1n) is 5.93. The topological polar surface area (TPSA) is 81.2 Å². The van der Waals surface area contributed by atoms with Crippen LogP contribution in [0, 0.1) is 0 Å². The van der Waals surface area contributed by atoms with Gasteiger partial charge in [0.05, 0.1) is 11.8 Å². The highest BCUT2D eigenvalue weighted by Gasteiger charge is 2.22. The van der Waals surface area contributed by atoms with E-state index in [-0.39, 0.29) is 17.3 Å². The van der Waals surface area contributed by atoms with E-state index in [1.807, 2.05) is 30.3 Å². The van der Waals surface area contributed by atoms with Gasteiger partial charge in [0.1, 0.15) is 0 Å². The van der Waals surface area contributed by atoms with Gasteiger partial charge in [-0.2, -0.15) is 5.10 Å². The van der Waals surface area contributed by atoms with Crippen molar-refractivity contribution >= 4 is 5.97 Å². The minimum Gasteiger partial charge on any atom is -0.476 e. The summed E-state index contributed by atoms with van der Waals surface area (Å²) in [6.45, 7) is 0. The van der Waals surface area contributed by atoms with Gasteiger partial charge in [0.25, 0.3) is 0 Å². The van der Waals surface area contributed by atoms with Gasteiger partial charge in [-0.3, -0.25) is 4.68 Å². The van der Waals surface area contributed by atoms with Crippen molar-refractivity contribution in [1.29, 1.82) is 0 Å². The van der Waals surface area contributed by atoms with Gasteiger partial charge in [0, 0.05) is 18.8 Å². The van der Waals surface area contributed by atoms with Gasteiger partial charge < -0.3 is 9.52 Å². The largest absolute Gasteiger partial charge is 0.476 e. The van der Waals surface area contributed by atoms with Gasteiger partial charge in [0.2, 0.25) is 5.89 Å². The van der Waals surface area contributed by atoms with Crippen LogP contribution in [0.15, 0.2) is 47.1 Å². The number of benzene rings is 1. The lowest BCUT2D eigenvalue weighted by molar-refractivity contribution is 0.0691. The minimum atomic E-state index is -1.13. The second-order valence-corrected chi connectivity index (χ2v) is 4.27. The highest BCUT2D eigenvalue weighted by atomic mass is 16.4. The van der Waals surface area contributed by atoms with Crippen LogP contribution in [0.5, 0.6) is 0 Å². The third-order valence-electron chi connectivity index (χ3n) is 2.82. The molecule has 100 valence electrons. The van der Waals surface area contributed by atoms with Gasteiger partial charge in [-0.05, 0) is 12.1 Å². The predicted molar refractivity (Wildman–Crippen MR) is 71.1 cm³/mol. The molecule has 2 heterocycles. The van der Waals surface area contributed by atoms with Crippen molar-refractivity contribution < 1.29 is 14.3 Å². The van der Waals surface area contributed by atoms with Crippen LogP contribution in [0.25, 0.3) is 22.8 Å². The SMILES string of the molecule is Cn1cc(-c2oc(-c3ccccc3)nc2C(=O)O)cn1. The van der Waals surface area contributed by atoms with E-state index in [9.17, 15) is 9.90 Å². The number of hydrogen-bond acceptors (Lipinski definition) is 4. The summed E-state index contributed by atoms with van der Waals surface area (Å²) in [5, 5.41) is 13.3. The molecule has 0 spiro atoms. The Morgan fingerprint density at radius 1 is 1.25 bits per heavy atom. The molecular weight excluding hydrogens is 258 g/mol. The summed E-state index contributed by atoms with van der Waals surface area (Å²) in [4.78, 5) is 15.4. The molecule has 3 rings (SSSR count). The van der Waals surface area contributed by atoms with Crippen molar-refractivity contribution in [3.05, 3.63) is 48.4 Å². The Morgan fingerprint density at radius 2 is 2.00 bits per heavy atom. The second kappa shape index (κ2) is 4.65. The van der Waals surface area contributed by atoms with Crippen molar-refractivity contribution in [1.82, 2.24) is 14.8 Å². The summed E-state index contributed by atoms with van der Waals surface area (Å²) in [5.41, 5.74) is 1.20. The molecule has 2 aromatic heterocycles. The zero-order valence-corrected chi connectivity index (χ0v) is 10.6. The standard InChI is InChI=1S/C14H11N3O3/c1-17-8-10(7-15-17)12-11(14(18)19)16-13(20-12)9-5-3-2-4-6-9/h2-8H,1H3,(H,18,19). The van der Waals surface area contributed by atoms with Crippen molar-refractivity contribution in [2.24, 2.45) is 7.05 Å². The van der Waals surface area contributed by atoms with Crippen LogP contribution in [0.4, 0.5) is 0 Å². The third kappa shape index (κ3) is 2.07. The van der Waals surface area contributed by atoms with Crippen LogP contribution in [-0.2, 0) is 7.05 Å². The molecule has 0 unspecified atom stereocenters. The molecule has 0 bridgehead atoms. The van der Waals surface area contributed by atoms with Gasteiger partial charge in [-0.25, -0.2) is 9.78 Å². The number of carbonyl (C=O) groups is 1.